The van der Waals surface area contributed by atoms with Crippen molar-refractivity contribution < 1.29 is 34.1 Å². The van der Waals surface area contributed by atoms with Crippen LogP contribution >= 0.6 is 0 Å². The third-order valence-electron chi connectivity index (χ3n) is 7.98. The standard InChI is InChI=1S/C41H68N2O7/c1-3-5-7-9-11-13-14-15-16-17-18-19-21-23-29-33-40(47)50-36(30-26-22-20-12-10-8-6-4-2)31-27-24-25-28-32-38(45)42-34-39(46)43-37(35-44)41(48)49/h6,8,11-13,15-16,20,26,30,36-37,44H,3-5,7,9-10,14,17-19,21-25,27-29,31-35H2,1-2H3,(H,42,45)(H,43,46)(H,48,49)/b8-6-,13-11-,16-15-,20-12-,30-26-. The molecular formula is C41H68N2O7. The predicted octanol–water partition coefficient (Wildman–Crippen LogP) is 8.59. The average Bonchev–Trinajstić information content (AvgIpc) is 3.10. The van der Waals surface area contributed by atoms with E-state index in [1.54, 1.807) is 0 Å². The van der Waals surface area contributed by atoms with Crippen LogP contribution < -0.4 is 10.6 Å². The van der Waals surface area contributed by atoms with E-state index in [0.717, 1.165) is 77.0 Å². The molecule has 50 heavy (non-hydrogen) atoms. The van der Waals surface area contributed by atoms with Gasteiger partial charge in [-0.15, -0.1) is 0 Å². The summed E-state index contributed by atoms with van der Waals surface area (Å²) in [6.45, 7) is 3.27. The molecule has 0 aromatic rings. The summed E-state index contributed by atoms with van der Waals surface area (Å²) in [6, 6.07) is -1.40. The number of allylic oxidation sites excluding steroid dienone is 9. The Kier molecular flexibility index (Phi) is 32.9. The number of carboxylic acid groups (broad SMARTS) is 1. The van der Waals surface area contributed by atoms with Crippen molar-refractivity contribution in [1.29, 1.82) is 0 Å². The van der Waals surface area contributed by atoms with Crippen LogP contribution in [0.25, 0.3) is 0 Å². The van der Waals surface area contributed by atoms with Gasteiger partial charge in [0.25, 0.3) is 0 Å². The lowest BCUT2D eigenvalue weighted by atomic mass is 10.1. The fourth-order valence-corrected chi connectivity index (χ4v) is 5.03. The highest BCUT2D eigenvalue weighted by Crippen LogP contribution is 2.14. The molecule has 0 aliphatic rings. The molecule has 0 aromatic heterocycles. The molecule has 0 aliphatic heterocycles. The SMILES string of the molecule is CC/C=C\C/C=C\C/C=C\C(CCCCCCC(=O)NCC(=O)NC(CO)C(=O)O)OC(=O)CCCCCCC/C=C\C/C=C\CCCCC. The monoisotopic (exact) mass is 701 g/mol. The Labute approximate surface area is 302 Å². The van der Waals surface area contributed by atoms with E-state index in [4.69, 9.17) is 14.9 Å². The van der Waals surface area contributed by atoms with Gasteiger partial charge in [-0.3, -0.25) is 14.4 Å². The van der Waals surface area contributed by atoms with Crippen LogP contribution in [0.3, 0.4) is 0 Å². The summed E-state index contributed by atoms with van der Waals surface area (Å²) in [7, 11) is 0. The van der Waals surface area contributed by atoms with Crippen molar-refractivity contribution in [2.45, 2.75) is 161 Å². The average molecular weight is 701 g/mol. The molecule has 2 atom stereocenters. The molecule has 9 nitrogen and oxygen atoms in total. The maximum absolute atomic E-state index is 12.6. The molecule has 0 bridgehead atoms. The smallest absolute Gasteiger partial charge is 0.328 e. The van der Waals surface area contributed by atoms with Crippen molar-refractivity contribution in [3.05, 3.63) is 60.8 Å². The number of aliphatic hydroxyl groups is 1. The van der Waals surface area contributed by atoms with Gasteiger partial charge in [-0.05, 0) is 83.1 Å². The first-order valence-corrected chi connectivity index (χ1v) is 19.2. The molecule has 9 heteroatoms. The van der Waals surface area contributed by atoms with Crippen molar-refractivity contribution in [3.8, 4) is 0 Å². The normalized spacial score (nSPS) is 13.2. The number of carbonyl (C=O) groups is 4. The quantitative estimate of drug-likeness (QED) is 0.0305. The Balaban J connectivity index is 4.37. The highest BCUT2D eigenvalue weighted by molar-refractivity contribution is 5.87. The molecule has 0 aromatic carbocycles. The van der Waals surface area contributed by atoms with Gasteiger partial charge < -0.3 is 25.6 Å². The number of ether oxygens (including phenoxy) is 1. The Morgan fingerprint density at radius 2 is 1.20 bits per heavy atom. The topological polar surface area (TPSA) is 142 Å². The first-order valence-electron chi connectivity index (χ1n) is 19.2. The lowest BCUT2D eigenvalue weighted by Crippen LogP contribution is -2.47. The van der Waals surface area contributed by atoms with Gasteiger partial charge in [-0.1, -0.05) is 113 Å². The van der Waals surface area contributed by atoms with Crippen LogP contribution in [0.2, 0.25) is 0 Å². The largest absolute Gasteiger partial charge is 0.480 e. The minimum Gasteiger partial charge on any atom is -0.480 e. The second-order valence-electron chi connectivity index (χ2n) is 12.6. The number of rotatable bonds is 33. The van der Waals surface area contributed by atoms with Gasteiger partial charge in [0.2, 0.25) is 11.8 Å². The van der Waals surface area contributed by atoms with Crippen LogP contribution in [0.15, 0.2) is 60.8 Å². The number of carbonyl (C=O) groups excluding carboxylic acids is 3. The lowest BCUT2D eigenvalue weighted by molar-refractivity contribution is -0.147. The van der Waals surface area contributed by atoms with E-state index in [1.807, 2.05) is 6.08 Å². The highest BCUT2D eigenvalue weighted by atomic mass is 16.5. The van der Waals surface area contributed by atoms with E-state index < -0.39 is 24.5 Å². The van der Waals surface area contributed by atoms with Gasteiger partial charge >= 0.3 is 11.9 Å². The van der Waals surface area contributed by atoms with E-state index >= 15 is 0 Å². The summed E-state index contributed by atoms with van der Waals surface area (Å²) in [4.78, 5) is 47.4. The minimum absolute atomic E-state index is 0.153. The summed E-state index contributed by atoms with van der Waals surface area (Å²) >= 11 is 0. The van der Waals surface area contributed by atoms with Gasteiger partial charge in [0.05, 0.1) is 13.2 Å². The van der Waals surface area contributed by atoms with Crippen molar-refractivity contribution in [3.63, 3.8) is 0 Å². The highest BCUT2D eigenvalue weighted by Gasteiger charge is 2.18. The molecule has 0 rings (SSSR count). The number of aliphatic hydroxyl groups excluding tert-OH is 1. The number of esters is 1. The minimum atomic E-state index is -1.40. The van der Waals surface area contributed by atoms with E-state index in [-0.39, 0.29) is 30.9 Å². The maximum Gasteiger partial charge on any atom is 0.328 e. The predicted molar refractivity (Wildman–Crippen MR) is 204 cm³/mol. The fraction of sp³-hybridized carbons (Fsp3) is 0.659. The molecular weight excluding hydrogens is 632 g/mol. The fourth-order valence-electron chi connectivity index (χ4n) is 5.03. The van der Waals surface area contributed by atoms with E-state index in [9.17, 15) is 19.2 Å². The molecule has 284 valence electrons. The molecule has 4 N–H and O–H groups in total. The van der Waals surface area contributed by atoms with Gasteiger partial charge in [0.1, 0.15) is 12.1 Å². The van der Waals surface area contributed by atoms with Gasteiger partial charge in [-0.2, -0.15) is 0 Å². The lowest BCUT2D eigenvalue weighted by Gasteiger charge is -2.15. The molecule has 0 spiro atoms. The van der Waals surface area contributed by atoms with Crippen LogP contribution in [-0.2, 0) is 23.9 Å². The number of amides is 2. The summed E-state index contributed by atoms with van der Waals surface area (Å²) in [5.74, 6) is -2.46. The Bertz CT molecular complexity index is 1030. The van der Waals surface area contributed by atoms with Crippen molar-refractivity contribution in [1.82, 2.24) is 10.6 Å². The zero-order valence-corrected chi connectivity index (χ0v) is 31.1. The molecule has 0 fully saturated rings. The number of aliphatic carboxylic acids is 1. The van der Waals surface area contributed by atoms with Crippen LogP contribution in [0.5, 0.6) is 0 Å². The number of hydrogen-bond acceptors (Lipinski definition) is 6. The van der Waals surface area contributed by atoms with Crippen LogP contribution in [-0.4, -0.2) is 59.3 Å². The molecule has 2 unspecified atom stereocenters. The van der Waals surface area contributed by atoms with E-state index in [0.29, 0.717) is 12.8 Å². The molecule has 2 amide bonds. The molecule has 0 radical (unpaired) electrons. The summed E-state index contributed by atoms with van der Waals surface area (Å²) < 4.78 is 5.85. The number of nitrogens with one attached hydrogen (secondary N) is 2. The second-order valence-corrected chi connectivity index (χ2v) is 12.6. The summed E-state index contributed by atoms with van der Waals surface area (Å²) in [6.07, 6.45) is 41.2. The number of hydrogen-bond donors (Lipinski definition) is 4. The van der Waals surface area contributed by atoms with Crippen LogP contribution in [0.1, 0.15) is 149 Å². The molecule has 0 saturated carbocycles. The van der Waals surface area contributed by atoms with Crippen molar-refractivity contribution in [2.24, 2.45) is 0 Å². The van der Waals surface area contributed by atoms with Gasteiger partial charge in [0.15, 0.2) is 0 Å². The third kappa shape index (κ3) is 31.8. The molecule has 0 heterocycles. The zero-order valence-electron chi connectivity index (χ0n) is 31.1. The third-order valence-corrected chi connectivity index (χ3v) is 7.98. The molecule has 0 saturated heterocycles. The van der Waals surface area contributed by atoms with E-state index in [1.165, 1.54) is 38.5 Å². The van der Waals surface area contributed by atoms with Crippen molar-refractivity contribution >= 4 is 23.8 Å². The van der Waals surface area contributed by atoms with Gasteiger partial charge in [0, 0.05) is 12.8 Å². The zero-order chi connectivity index (χ0) is 36.9. The Morgan fingerprint density at radius 3 is 1.84 bits per heavy atom. The first kappa shape index (κ1) is 46.5. The number of unbranched alkanes of at least 4 members (excludes halogenated alkanes) is 11. The van der Waals surface area contributed by atoms with Gasteiger partial charge in [-0.25, -0.2) is 4.79 Å². The Morgan fingerprint density at radius 1 is 0.640 bits per heavy atom. The Hall–Kier alpha value is -3.46. The summed E-state index contributed by atoms with van der Waals surface area (Å²) in [5.41, 5.74) is 0. The summed E-state index contributed by atoms with van der Waals surface area (Å²) in [5, 5.41) is 22.5. The maximum atomic E-state index is 12.6. The van der Waals surface area contributed by atoms with E-state index in [2.05, 4.69) is 79.2 Å². The van der Waals surface area contributed by atoms with Crippen LogP contribution in [0.4, 0.5) is 0 Å². The second kappa shape index (κ2) is 35.4. The van der Waals surface area contributed by atoms with Crippen molar-refractivity contribution in [2.75, 3.05) is 13.2 Å². The van der Waals surface area contributed by atoms with Crippen LogP contribution in [0, 0.1) is 0 Å². The first-order chi connectivity index (χ1) is 24.3. The number of carboxylic acids is 1. The molecule has 0 aliphatic carbocycles.